The van der Waals surface area contributed by atoms with E-state index in [9.17, 15) is 9.90 Å². The van der Waals surface area contributed by atoms with Crippen molar-refractivity contribution in [2.45, 2.75) is 66.5 Å². The molecule has 1 heterocycles. The van der Waals surface area contributed by atoms with Crippen molar-refractivity contribution in [3.05, 3.63) is 22.9 Å². The Bertz CT molecular complexity index is 567. The van der Waals surface area contributed by atoms with Gasteiger partial charge in [0.05, 0.1) is 19.8 Å². The first kappa shape index (κ1) is 21.2. The Labute approximate surface area is 151 Å². The third-order valence-corrected chi connectivity index (χ3v) is 3.54. The highest BCUT2D eigenvalue weighted by Crippen LogP contribution is 2.24. The lowest BCUT2D eigenvalue weighted by molar-refractivity contribution is 0.0199. The van der Waals surface area contributed by atoms with E-state index >= 15 is 0 Å². The summed E-state index contributed by atoms with van der Waals surface area (Å²) in [4.78, 5) is 18.4. The first-order valence-electron chi connectivity index (χ1n) is 8.86. The summed E-state index contributed by atoms with van der Waals surface area (Å²) in [6.07, 6.45) is 1.52. The van der Waals surface area contributed by atoms with Gasteiger partial charge in [-0.05, 0) is 52.7 Å². The summed E-state index contributed by atoms with van der Waals surface area (Å²) in [6.45, 7) is 12.4. The molecule has 25 heavy (non-hydrogen) atoms. The third-order valence-electron chi connectivity index (χ3n) is 3.54. The number of nitrogens with zero attached hydrogens (tertiary/aromatic N) is 2. The average Bonchev–Trinajstić information content (AvgIpc) is 2.47. The molecular weight excluding hydrogens is 320 g/mol. The number of carbonyl (C=O) groups is 1. The van der Waals surface area contributed by atoms with E-state index in [0.717, 1.165) is 29.7 Å². The molecule has 1 N–H and O–H groups in total. The molecule has 0 spiro atoms. The zero-order valence-corrected chi connectivity index (χ0v) is 16.4. The smallest absolute Gasteiger partial charge is 0.410 e. The van der Waals surface area contributed by atoms with Gasteiger partial charge in [-0.25, -0.2) is 9.78 Å². The van der Waals surface area contributed by atoms with Crippen LogP contribution in [0.4, 0.5) is 4.79 Å². The Morgan fingerprint density at radius 2 is 2.00 bits per heavy atom. The fraction of sp³-hybridized carbons (Fsp3) is 0.684. The first-order chi connectivity index (χ1) is 11.7. The number of aliphatic hydroxyl groups excluding tert-OH is 1. The summed E-state index contributed by atoms with van der Waals surface area (Å²) in [5, 5.41) is 9.32. The van der Waals surface area contributed by atoms with Crippen LogP contribution < -0.4 is 4.74 Å². The summed E-state index contributed by atoms with van der Waals surface area (Å²) in [5.41, 5.74) is 2.14. The molecule has 0 aliphatic carbocycles. The zero-order chi connectivity index (χ0) is 19.0. The van der Waals surface area contributed by atoms with E-state index in [4.69, 9.17) is 9.47 Å². The quantitative estimate of drug-likeness (QED) is 0.724. The highest BCUT2D eigenvalue weighted by molar-refractivity contribution is 5.68. The predicted octanol–water partition coefficient (Wildman–Crippen LogP) is 3.61. The number of rotatable bonds is 8. The van der Waals surface area contributed by atoms with Gasteiger partial charge in [-0.1, -0.05) is 13.3 Å². The lowest BCUT2D eigenvalue weighted by Crippen LogP contribution is -2.38. The van der Waals surface area contributed by atoms with E-state index in [2.05, 4.69) is 11.9 Å². The Balaban J connectivity index is 3.04. The van der Waals surface area contributed by atoms with E-state index in [1.54, 1.807) is 0 Å². The number of ether oxygens (including phenoxy) is 2. The van der Waals surface area contributed by atoms with Crippen molar-refractivity contribution in [1.29, 1.82) is 0 Å². The molecule has 6 nitrogen and oxygen atoms in total. The summed E-state index contributed by atoms with van der Waals surface area (Å²) in [7, 11) is 0. The standard InChI is InChI=1S/C19H32N2O4/c1-7-8-11-24-17-16(14(2)12-15(3)20-17)13-21(9-10-22)18(23)25-19(4,5)6/h12,22H,7-11,13H2,1-6H3. The van der Waals surface area contributed by atoms with Crippen LogP contribution in [0, 0.1) is 13.8 Å². The molecule has 0 radical (unpaired) electrons. The maximum Gasteiger partial charge on any atom is 0.410 e. The first-order valence-corrected chi connectivity index (χ1v) is 8.86. The van der Waals surface area contributed by atoms with Gasteiger partial charge in [0.1, 0.15) is 5.60 Å². The van der Waals surface area contributed by atoms with Crippen LogP contribution in [0.3, 0.4) is 0 Å². The molecule has 1 amide bonds. The van der Waals surface area contributed by atoms with Gasteiger partial charge in [-0.2, -0.15) is 0 Å². The minimum atomic E-state index is -0.591. The fourth-order valence-electron chi connectivity index (χ4n) is 2.33. The van der Waals surface area contributed by atoms with Crippen molar-refractivity contribution < 1.29 is 19.4 Å². The molecule has 0 aliphatic heterocycles. The van der Waals surface area contributed by atoms with Gasteiger partial charge < -0.3 is 19.5 Å². The van der Waals surface area contributed by atoms with E-state index in [-0.39, 0.29) is 19.7 Å². The van der Waals surface area contributed by atoms with Crippen LogP contribution in [0.1, 0.15) is 57.4 Å². The number of pyridine rings is 1. The van der Waals surface area contributed by atoms with Crippen molar-refractivity contribution in [2.24, 2.45) is 0 Å². The maximum atomic E-state index is 12.4. The van der Waals surface area contributed by atoms with Gasteiger partial charge in [-0.15, -0.1) is 0 Å². The van der Waals surface area contributed by atoms with Gasteiger partial charge in [0.25, 0.3) is 0 Å². The van der Waals surface area contributed by atoms with Gasteiger partial charge in [-0.3, -0.25) is 0 Å². The Kier molecular flexibility index (Phi) is 8.16. The van der Waals surface area contributed by atoms with E-state index < -0.39 is 11.7 Å². The molecule has 0 aliphatic rings. The summed E-state index contributed by atoms with van der Waals surface area (Å²) < 4.78 is 11.3. The van der Waals surface area contributed by atoms with Crippen molar-refractivity contribution in [2.75, 3.05) is 19.8 Å². The van der Waals surface area contributed by atoms with Gasteiger partial charge >= 0.3 is 6.09 Å². The molecule has 0 saturated carbocycles. The molecule has 6 heteroatoms. The van der Waals surface area contributed by atoms with Gasteiger partial charge in [0.15, 0.2) is 0 Å². The predicted molar refractivity (Wildman–Crippen MR) is 97.8 cm³/mol. The number of aliphatic hydroxyl groups is 1. The number of hydrogen-bond acceptors (Lipinski definition) is 5. The molecule has 0 unspecified atom stereocenters. The van der Waals surface area contributed by atoms with E-state index in [1.807, 2.05) is 40.7 Å². The lowest BCUT2D eigenvalue weighted by Gasteiger charge is -2.28. The highest BCUT2D eigenvalue weighted by atomic mass is 16.6. The van der Waals surface area contributed by atoms with Crippen molar-refractivity contribution >= 4 is 6.09 Å². The Morgan fingerprint density at radius 1 is 1.32 bits per heavy atom. The second-order valence-corrected chi connectivity index (χ2v) is 7.19. The second kappa shape index (κ2) is 9.61. The molecule has 0 atom stereocenters. The lowest BCUT2D eigenvalue weighted by atomic mass is 10.1. The zero-order valence-electron chi connectivity index (χ0n) is 16.4. The Morgan fingerprint density at radius 3 is 2.56 bits per heavy atom. The molecule has 0 saturated heterocycles. The van der Waals surface area contributed by atoms with Crippen molar-refractivity contribution in [1.82, 2.24) is 9.88 Å². The molecule has 1 aromatic rings. The molecular formula is C19H32N2O4. The summed E-state index contributed by atoms with van der Waals surface area (Å²) in [5.74, 6) is 0.553. The van der Waals surface area contributed by atoms with E-state index in [0.29, 0.717) is 12.5 Å². The third kappa shape index (κ3) is 7.30. The SMILES string of the molecule is CCCCOc1nc(C)cc(C)c1CN(CCO)C(=O)OC(C)(C)C. The molecule has 0 aromatic carbocycles. The maximum absolute atomic E-state index is 12.4. The molecule has 142 valence electrons. The van der Waals surface area contributed by atoms with Crippen LogP contribution in [-0.2, 0) is 11.3 Å². The summed E-state index contributed by atoms with van der Waals surface area (Å²) in [6, 6.07) is 1.97. The number of amides is 1. The van der Waals surface area contributed by atoms with Crippen molar-refractivity contribution in [3.63, 3.8) is 0 Å². The van der Waals surface area contributed by atoms with Crippen molar-refractivity contribution in [3.8, 4) is 5.88 Å². The average molecular weight is 352 g/mol. The number of aromatic nitrogens is 1. The molecule has 0 bridgehead atoms. The van der Waals surface area contributed by atoms with Crippen LogP contribution in [0.25, 0.3) is 0 Å². The minimum Gasteiger partial charge on any atom is -0.477 e. The van der Waals surface area contributed by atoms with Gasteiger partial charge in [0.2, 0.25) is 5.88 Å². The number of hydrogen-bond donors (Lipinski definition) is 1. The monoisotopic (exact) mass is 352 g/mol. The van der Waals surface area contributed by atoms with Crippen LogP contribution >= 0.6 is 0 Å². The molecule has 1 aromatic heterocycles. The van der Waals surface area contributed by atoms with Gasteiger partial charge in [0, 0.05) is 17.8 Å². The summed E-state index contributed by atoms with van der Waals surface area (Å²) >= 11 is 0. The Hall–Kier alpha value is -1.82. The minimum absolute atomic E-state index is 0.135. The molecule has 0 fully saturated rings. The number of unbranched alkanes of at least 4 members (excludes halogenated alkanes) is 1. The topological polar surface area (TPSA) is 71.9 Å². The second-order valence-electron chi connectivity index (χ2n) is 7.19. The van der Waals surface area contributed by atoms with E-state index in [1.165, 1.54) is 4.90 Å². The highest BCUT2D eigenvalue weighted by Gasteiger charge is 2.24. The van der Waals surface area contributed by atoms with Crippen LogP contribution in [-0.4, -0.2) is 46.4 Å². The normalized spacial score (nSPS) is 11.3. The fourth-order valence-corrected chi connectivity index (χ4v) is 2.33. The largest absolute Gasteiger partial charge is 0.477 e. The van der Waals surface area contributed by atoms with Crippen LogP contribution in [0.15, 0.2) is 6.07 Å². The number of carbonyl (C=O) groups excluding carboxylic acids is 1. The van der Waals surface area contributed by atoms with Crippen LogP contribution in [0.2, 0.25) is 0 Å². The number of aryl methyl sites for hydroxylation is 2. The van der Waals surface area contributed by atoms with Crippen LogP contribution in [0.5, 0.6) is 5.88 Å². The molecule has 1 rings (SSSR count).